The molecular weight excluding hydrogens is 326 g/mol. The van der Waals surface area contributed by atoms with E-state index in [1.54, 1.807) is 0 Å². The van der Waals surface area contributed by atoms with Crippen molar-refractivity contribution < 1.29 is 9.59 Å². The molecule has 4 unspecified atom stereocenters. The second kappa shape index (κ2) is 8.21. The number of benzene rings is 1. The molecule has 0 aliphatic heterocycles. The van der Waals surface area contributed by atoms with Crippen LogP contribution in [0.3, 0.4) is 0 Å². The third kappa shape index (κ3) is 4.64. The lowest BCUT2D eigenvalue weighted by Crippen LogP contribution is -2.48. The molecule has 0 spiro atoms. The summed E-state index contributed by atoms with van der Waals surface area (Å²) in [5.74, 6) is 1.91. The van der Waals surface area contributed by atoms with Crippen molar-refractivity contribution in [2.75, 3.05) is 13.6 Å². The van der Waals surface area contributed by atoms with Gasteiger partial charge >= 0.3 is 6.03 Å². The highest BCUT2D eigenvalue weighted by Crippen LogP contribution is 2.49. The van der Waals surface area contributed by atoms with E-state index in [9.17, 15) is 9.59 Å². The lowest BCUT2D eigenvalue weighted by Gasteiger charge is -2.28. The maximum atomic E-state index is 12.2. The van der Waals surface area contributed by atoms with Crippen molar-refractivity contribution in [3.63, 3.8) is 0 Å². The number of urea groups is 1. The number of nitrogens with one attached hydrogen (secondary N) is 2. The average Bonchev–Trinajstić information content (AvgIpc) is 3.19. The maximum Gasteiger partial charge on any atom is 0.321 e. The molecule has 0 aromatic heterocycles. The molecule has 3 rings (SSSR count). The Morgan fingerprint density at radius 1 is 1.23 bits per heavy atom. The van der Waals surface area contributed by atoms with Gasteiger partial charge in [-0.15, -0.1) is 0 Å². The highest BCUT2D eigenvalue weighted by molar-refractivity contribution is 5.95. The van der Waals surface area contributed by atoms with Crippen molar-refractivity contribution in [1.29, 1.82) is 0 Å². The maximum absolute atomic E-state index is 12.2. The molecule has 2 aliphatic rings. The number of amides is 3. The summed E-state index contributed by atoms with van der Waals surface area (Å²) in [6.45, 7) is 5.01. The number of nitrogens with zero attached hydrogens (tertiary/aromatic N) is 1. The fourth-order valence-corrected chi connectivity index (χ4v) is 4.80. The molecule has 3 amide bonds. The quantitative estimate of drug-likeness (QED) is 0.822. The Hall–Kier alpha value is -1.88. The van der Waals surface area contributed by atoms with Gasteiger partial charge in [0.25, 0.3) is 0 Å². The van der Waals surface area contributed by atoms with E-state index in [4.69, 9.17) is 0 Å². The Morgan fingerprint density at radius 3 is 2.65 bits per heavy atom. The molecule has 2 aliphatic carbocycles. The summed E-state index contributed by atoms with van der Waals surface area (Å²) in [6, 6.07) is 7.90. The van der Waals surface area contributed by atoms with Gasteiger partial charge in [0.1, 0.15) is 0 Å². The Labute approximate surface area is 156 Å². The Bertz CT molecular complexity index is 660. The zero-order valence-corrected chi connectivity index (χ0v) is 16.1. The Kier molecular flexibility index (Phi) is 5.97. The first kappa shape index (κ1) is 18.9. The molecular formula is C21H31N3O2. The number of likely N-dealkylation sites (N-methyl/N-ethyl adjacent to an activating group) is 1. The third-order valence-corrected chi connectivity index (χ3v) is 6.16. The molecule has 0 radical (unpaired) electrons. The predicted molar refractivity (Wildman–Crippen MR) is 103 cm³/mol. The van der Waals surface area contributed by atoms with Gasteiger partial charge in [-0.2, -0.15) is 0 Å². The van der Waals surface area contributed by atoms with Crippen LogP contribution in [0.1, 0.15) is 43.7 Å². The molecule has 5 nitrogen and oxygen atoms in total. The molecule has 1 aromatic rings. The minimum atomic E-state index is -0.366. The number of carbonyl (C=O) groups is 2. The van der Waals surface area contributed by atoms with Crippen LogP contribution in [-0.4, -0.2) is 36.5 Å². The van der Waals surface area contributed by atoms with E-state index in [0.717, 1.165) is 11.8 Å². The molecule has 1 aromatic carbocycles. The van der Waals surface area contributed by atoms with Crippen LogP contribution in [0, 0.1) is 24.7 Å². The zero-order chi connectivity index (χ0) is 18.7. The summed E-state index contributed by atoms with van der Waals surface area (Å²) in [5, 5.41) is 5.46. The van der Waals surface area contributed by atoms with Gasteiger partial charge in [0.15, 0.2) is 0 Å². The summed E-state index contributed by atoms with van der Waals surface area (Å²) in [4.78, 5) is 26.2. The monoisotopic (exact) mass is 357 g/mol. The minimum absolute atomic E-state index is 0.128. The van der Waals surface area contributed by atoms with Crippen LogP contribution >= 0.6 is 0 Å². The lowest BCUT2D eigenvalue weighted by molar-refractivity contribution is -0.121. The van der Waals surface area contributed by atoms with Crippen molar-refractivity contribution >= 4 is 11.9 Å². The van der Waals surface area contributed by atoms with E-state index in [1.165, 1.54) is 36.8 Å². The fourth-order valence-electron chi connectivity index (χ4n) is 4.80. The first-order chi connectivity index (χ1) is 12.4. The summed E-state index contributed by atoms with van der Waals surface area (Å²) in [5.41, 5.74) is 2.40. The van der Waals surface area contributed by atoms with Crippen LogP contribution in [0.15, 0.2) is 24.3 Å². The number of rotatable bonds is 6. The number of fused-ring (bicyclic) bond motifs is 2. The molecule has 26 heavy (non-hydrogen) atoms. The molecule has 2 saturated carbocycles. The van der Waals surface area contributed by atoms with E-state index >= 15 is 0 Å². The first-order valence-electron chi connectivity index (χ1n) is 9.75. The average molecular weight is 357 g/mol. The van der Waals surface area contributed by atoms with E-state index in [0.29, 0.717) is 12.5 Å². The zero-order valence-electron chi connectivity index (χ0n) is 16.1. The molecule has 0 heterocycles. The predicted octanol–water partition coefficient (Wildman–Crippen LogP) is 3.08. The molecule has 2 bridgehead atoms. The van der Waals surface area contributed by atoms with E-state index in [1.807, 2.05) is 24.1 Å². The minimum Gasteiger partial charge on any atom is -0.335 e. The van der Waals surface area contributed by atoms with Crippen LogP contribution in [-0.2, 0) is 11.3 Å². The molecule has 2 N–H and O–H groups in total. The summed E-state index contributed by atoms with van der Waals surface area (Å²) in [6.07, 6.45) is 5.19. The summed E-state index contributed by atoms with van der Waals surface area (Å²) >= 11 is 0. The van der Waals surface area contributed by atoms with Crippen LogP contribution in [0.4, 0.5) is 4.79 Å². The second-order valence-electron chi connectivity index (χ2n) is 8.25. The summed E-state index contributed by atoms with van der Waals surface area (Å²) < 4.78 is 0. The van der Waals surface area contributed by atoms with Crippen molar-refractivity contribution in [3.05, 3.63) is 35.4 Å². The van der Waals surface area contributed by atoms with Crippen molar-refractivity contribution in [1.82, 2.24) is 15.5 Å². The molecule has 5 heteroatoms. The lowest BCUT2D eigenvalue weighted by atomic mass is 9.84. The van der Waals surface area contributed by atoms with Crippen LogP contribution in [0.5, 0.6) is 0 Å². The van der Waals surface area contributed by atoms with Crippen molar-refractivity contribution in [2.45, 2.75) is 52.1 Å². The molecule has 142 valence electrons. The van der Waals surface area contributed by atoms with Gasteiger partial charge in [0.2, 0.25) is 5.91 Å². The number of hydrogen-bond donors (Lipinski definition) is 2. The topological polar surface area (TPSA) is 61.4 Å². The molecule has 2 fully saturated rings. The van der Waals surface area contributed by atoms with Gasteiger partial charge in [-0.05, 0) is 69.0 Å². The van der Waals surface area contributed by atoms with Crippen LogP contribution in [0.25, 0.3) is 0 Å². The van der Waals surface area contributed by atoms with Gasteiger partial charge in [-0.25, -0.2) is 4.79 Å². The van der Waals surface area contributed by atoms with E-state index in [-0.39, 0.29) is 24.5 Å². The Morgan fingerprint density at radius 2 is 2.00 bits per heavy atom. The molecule has 0 saturated heterocycles. The third-order valence-electron chi connectivity index (χ3n) is 6.16. The van der Waals surface area contributed by atoms with Crippen molar-refractivity contribution in [3.8, 4) is 0 Å². The van der Waals surface area contributed by atoms with E-state index in [2.05, 4.69) is 36.6 Å². The Balaban J connectivity index is 1.41. The second-order valence-corrected chi connectivity index (χ2v) is 8.25. The van der Waals surface area contributed by atoms with Gasteiger partial charge in [-0.3, -0.25) is 15.0 Å². The summed E-state index contributed by atoms with van der Waals surface area (Å²) in [7, 11) is 1.89. The van der Waals surface area contributed by atoms with Gasteiger partial charge in [-0.1, -0.05) is 30.7 Å². The van der Waals surface area contributed by atoms with E-state index < -0.39 is 0 Å². The number of carbonyl (C=O) groups excluding carboxylic acids is 2. The highest BCUT2D eigenvalue weighted by Gasteiger charge is 2.42. The normalized spacial score (nSPS) is 25.3. The number of imide groups is 1. The molecule has 4 atom stereocenters. The number of hydrogen-bond acceptors (Lipinski definition) is 3. The van der Waals surface area contributed by atoms with Crippen LogP contribution in [0.2, 0.25) is 0 Å². The standard InChI is InChI=1S/C21H31N3O2/c1-14-6-4-5-7-18(14)12-24(3)13-20(25)23-21(26)22-15(2)19-11-16-8-9-17(19)10-16/h4-7,15-17,19H,8-13H2,1-3H3,(H2,22,23,25,26). The number of aryl methyl sites for hydroxylation is 1. The fraction of sp³-hybridized carbons (Fsp3) is 0.619. The van der Waals surface area contributed by atoms with Crippen molar-refractivity contribution in [2.24, 2.45) is 17.8 Å². The van der Waals surface area contributed by atoms with Gasteiger partial charge in [0.05, 0.1) is 6.54 Å². The van der Waals surface area contributed by atoms with Gasteiger partial charge < -0.3 is 5.32 Å². The smallest absolute Gasteiger partial charge is 0.321 e. The largest absolute Gasteiger partial charge is 0.335 e. The van der Waals surface area contributed by atoms with Crippen LogP contribution < -0.4 is 10.6 Å². The van der Waals surface area contributed by atoms with Gasteiger partial charge in [0, 0.05) is 12.6 Å². The SMILES string of the molecule is Cc1ccccc1CN(C)CC(=O)NC(=O)NC(C)C1CC2CCC1C2. The highest BCUT2D eigenvalue weighted by atomic mass is 16.2. The first-order valence-corrected chi connectivity index (χ1v) is 9.75.